The highest BCUT2D eigenvalue weighted by Crippen LogP contribution is 2.29. The fourth-order valence-electron chi connectivity index (χ4n) is 3.14. The molecule has 0 atom stereocenters. The quantitative estimate of drug-likeness (QED) is 0.576. The standard InChI is InChI=1S/C23H27N3O2/c1-14(2)10-11-24-23(28)21-20(18-13-16(4)8-9-19(18)25-21)26-22(27)17-7-5-6-15(3)12-17/h5-9,12-14,25H,10-11H2,1-4H3,(H,24,28)(H,26,27). The predicted octanol–water partition coefficient (Wildman–Crippen LogP) is 4.81. The largest absolute Gasteiger partial charge is 0.351 e. The van der Waals surface area contributed by atoms with Crippen LogP contribution in [0.2, 0.25) is 0 Å². The SMILES string of the molecule is Cc1cccc(C(=O)Nc2c(C(=O)NCCC(C)C)[nH]c3ccc(C)cc23)c1. The lowest BCUT2D eigenvalue weighted by Crippen LogP contribution is -2.27. The molecular formula is C23H27N3O2. The van der Waals surface area contributed by atoms with Gasteiger partial charge in [0.05, 0.1) is 5.69 Å². The van der Waals surface area contributed by atoms with E-state index in [9.17, 15) is 9.59 Å². The predicted molar refractivity (Wildman–Crippen MR) is 114 cm³/mol. The van der Waals surface area contributed by atoms with Gasteiger partial charge in [-0.05, 0) is 50.5 Å². The molecule has 3 rings (SSSR count). The number of H-pyrrole nitrogens is 1. The first-order valence-electron chi connectivity index (χ1n) is 9.63. The maximum Gasteiger partial charge on any atom is 0.269 e. The topological polar surface area (TPSA) is 74.0 Å². The van der Waals surface area contributed by atoms with Crippen molar-refractivity contribution in [3.63, 3.8) is 0 Å². The normalized spacial score (nSPS) is 11.0. The Morgan fingerprint density at radius 2 is 1.75 bits per heavy atom. The number of nitrogens with one attached hydrogen (secondary N) is 3. The Bertz CT molecular complexity index is 1020. The minimum Gasteiger partial charge on any atom is -0.351 e. The minimum absolute atomic E-state index is 0.214. The van der Waals surface area contributed by atoms with Gasteiger partial charge in [-0.2, -0.15) is 0 Å². The molecule has 2 amide bonds. The third-order valence-corrected chi connectivity index (χ3v) is 4.71. The number of carbonyl (C=O) groups is 2. The van der Waals surface area contributed by atoms with Gasteiger partial charge in [-0.3, -0.25) is 9.59 Å². The zero-order valence-electron chi connectivity index (χ0n) is 16.8. The van der Waals surface area contributed by atoms with Gasteiger partial charge in [0, 0.05) is 23.0 Å². The molecular weight excluding hydrogens is 350 g/mol. The van der Waals surface area contributed by atoms with Gasteiger partial charge in [-0.15, -0.1) is 0 Å². The molecule has 0 fully saturated rings. The Morgan fingerprint density at radius 3 is 2.46 bits per heavy atom. The second kappa shape index (κ2) is 8.30. The van der Waals surface area contributed by atoms with E-state index < -0.39 is 0 Å². The first kappa shape index (κ1) is 19.7. The number of hydrogen-bond acceptors (Lipinski definition) is 2. The van der Waals surface area contributed by atoms with Crippen LogP contribution < -0.4 is 10.6 Å². The lowest BCUT2D eigenvalue weighted by Gasteiger charge is -2.10. The van der Waals surface area contributed by atoms with Gasteiger partial charge in [0.15, 0.2) is 0 Å². The minimum atomic E-state index is -0.234. The number of hydrogen-bond donors (Lipinski definition) is 3. The maximum absolute atomic E-state index is 12.8. The maximum atomic E-state index is 12.8. The van der Waals surface area contributed by atoms with E-state index in [0.717, 1.165) is 28.5 Å². The lowest BCUT2D eigenvalue weighted by molar-refractivity contribution is 0.0948. The van der Waals surface area contributed by atoms with Gasteiger partial charge >= 0.3 is 0 Å². The lowest BCUT2D eigenvalue weighted by atomic mass is 10.1. The molecule has 0 saturated heterocycles. The summed E-state index contributed by atoms with van der Waals surface area (Å²) >= 11 is 0. The van der Waals surface area contributed by atoms with E-state index in [1.165, 1.54) is 0 Å². The highest BCUT2D eigenvalue weighted by molar-refractivity contribution is 6.15. The monoisotopic (exact) mass is 377 g/mol. The van der Waals surface area contributed by atoms with Crippen molar-refractivity contribution in [1.82, 2.24) is 10.3 Å². The molecule has 0 aliphatic heterocycles. The van der Waals surface area contributed by atoms with Crippen LogP contribution in [0.3, 0.4) is 0 Å². The molecule has 28 heavy (non-hydrogen) atoms. The Hall–Kier alpha value is -3.08. The van der Waals surface area contributed by atoms with E-state index in [4.69, 9.17) is 0 Å². The van der Waals surface area contributed by atoms with Crippen molar-refractivity contribution in [3.8, 4) is 0 Å². The van der Waals surface area contributed by atoms with Crippen LogP contribution in [0.1, 0.15) is 52.2 Å². The molecule has 0 unspecified atom stereocenters. The summed E-state index contributed by atoms with van der Waals surface area (Å²) < 4.78 is 0. The fourth-order valence-corrected chi connectivity index (χ4v) is 3.14. The molecule has 3 aromatic rings. The summed E-state index contributed by atoms with van der Waals surface area (Å²) in [5.41, 5.74) is 4.35. The van der Waals surface area contributed by atoms with Gasteiger partial charge in [0.1, 0.15) is 5.69 Å². The highest BCUT2D eigenvalue weighted by atomic mass is 16.2. The second-order valence-corrected chi connectivity index (χ2v) is 7.69. The number of aromatic amines is 1. The molecule has 1 heterocycles. The molecule has 146 valence electrons. The number of aromatic nitrogens is 1. The average molecular weight is 377 g/mol. The van der Waals surface area contributed by atoms with Crippen LogP contribution in [0.15, 0.2) is 42.5 Å². The molecule has 5 nitrogen and oxygen atoms in total. The summed E-state index contributed by atoms with van der Waals surface area (Å²) in [6.07, 6.45) is 0.899. The molecule has 0 spiro atoms. The Morgan fingerprint density at radius 1 is 1.00 bits per heavy atom. The molecule has 0 saturated carbocycles. The first-order valence-corrected chi connectivity index (χ1v) is 9.63. The molecule has 0 bridgehead atoms. The van der Waals surface area contributed by atoms with Crippen LogP contribution in [-0.2, 0) is 0 Å². The van der Waals surface area contributed by atoms with Crippen LogP contribution in [0.5, 0.6) is 0 Å². The van der Waals surface area contributed by atoms with Crippen molar-refractivity contribution in [2.75, 3.05) is 11.9 Å². The number of benzene rings is 2. The van der Waals surface area contributed by atoms with Crippen molar-refractivity contribution in [2.24, 2.45) is 5.92 Å². The van der Waals surface area contributed by atoms with E-state index in [-0.39, 0.29) is 11.8 Å². The average Bonchev–Trinajstić information content (AvgIpc) is 2.99. The van der Waals surface area contributed by atoms with E-state index in [0.29, 0.717) is 29.4 Å². The van der Waals surface area contributed by atoms with Crippen molar-refractivity contribution in [1.29, 1.82) is 0 Å². The zero-order valence-corrected chi connectivity index (χ0v) is 16.8. The first-order chi connectivity index (χ1) is 13.3. The summed E-state index contributed by atoms with van der Waals surface area (Å²) in [7, 11) is 0. The summed E-state index contributed by atoms with van der Waals surface area (Å²) in [5.74, 6) is 0.0579. The summed E-state index contributed by atoms with van der Waals surface area (Å²) in [4.78, 5) is 28.8. The smallest absolute Gasteiger partial charge is 0.269 e. The number of anilines is 1. The third-order valence-electron chi connectivity index (χ3n) is 4.71. The Balaban J connectivity index is 1.95. The van der Waals surface area contributed by atoms with E-state index >= 15 is 0 Å². The van der Waals surface area contributed by atoms with Gasteiger partial charge in [-0.1, -0.05) is 43.2 Å². The van der Waals surface area contributed by atoms with Crippen LogP contribution in [0.4, 0.5) is 5.69 Å². The Kier molecular flexibility index (Phi) is 5.83. The molecule has 3 N–H and O–H groups in total. The second-order valence-electron chi connectivity index (χ2n) is 7.69. The zero-order chi connectivity index (χ0) is 20.3. The number of amides is 2. The summed E-state index contributed by atoms with van der Waals surface area (Å²) in [6, 6.07) is 13.3. The number of aryl methyl sites for hydroxylation is 2. The molecule has 0 aliphatic rings. The Labute approximate surface area is 165 Å². The molecule has 2 aromatic carbocycles. The van der Waals surface area contributed by atoms with Crippen LogP contribution in [-0.4, -0.2) is 23.3 Å². The van der Waals surface area contributed by atoms with Gasteiger partial charge < -0.3 is 15.6 Å². The van der Waals surface area contributed by atoms with Crippen molar-refractivity contribution in [3.05, 3.63) is 64.8 Å². The van der Waals surface area contributed by atoms with E-state index in [1.54, 1.807) is 6.07 Å². The summed E-state index contributed by atoms with van der Waals surface area (Å²) in [6.45, 7) is 8.76. The molecule has 5 heteroatoms. The molecule has 0 radical (unpaired) electrons. The van der Waals surface area contributed by atoms with Crippen LogP contribution in [0, 0.1) is 19.8 Å². The molecule has 1 aromatic heterocycles. The van der Waals surface area contributed by atoms with Crippen LogP contribution >= 0.6 is 0 Å². The summed E-state index contributed by atoms with van der Waals surface area (Å²) in [5, 5.41) is 6.73. The van der Waals surface area contributed by atoms with Gasteiger partial charge in [-0.25, -0.2) is 0 Å². The number of fused-ring (bicyclic) bond motifs is 1. The van der Waals surface area contributed by atoms with Crippen molar-refractivity contribution in [2.45, 2.75) is 34.1 Å². The molecule has 0 aliphatic carbocycles. The van der Waals surface area contributed by atoms with Crippen LogP contribution in [0.25, 0.3) is 10.9 Å². The highest BCUT2D eigenvalue weighted by Gasteiger charge is 2.20. The number of rotatable bonds is 6. The van der Waals surface area contributed by atoms with Crippen molar-refractivity contribution < 1.29 is 9.59 Å². The number of carbonyl (C=O) groups excluding carboxylic acids is 2. The van der Waals surface area contributed by atoms with E-state index in [2.05, 4.69) is 29.5 Å². The third kappa shape index (κ3) is 4.42. The van der Waals surface area contributed by atoms with Gasteiger partial charge in [0.2, 0.25) is 0 Å². The van der Waals surface area contributed by atoms with Gasteiger partial charge in [0.25, 0.3) is 11.8 Å². The fraction of sp³-hybridized carbons (Fsp3) is 0.304. The van der Waals surface area contributed by atoms with E-state index in [1.807, 2.05) is 50.2 Å². The van der Waals surface area contributed by atoms with Crippen molar-refractivity contribution >= 4 is 28.4 Å².